The Labute approximate surface area is 95.2 Å². The molecule has 1 heterocycles. The van der Waals surface area contributed by atoms with Crippen LogP contribution in [0.25, 0.3) is 0 Å². The average Bonchev–Trinajstić information content (AvgIpc) is 2.26. The molecule has 2 rings (SSSR count). The van der Waals surface area contributed by atoms with Crippen molar-refractivity contribution in [3.63, 3.8) is 0 Å². The second-order valence-electron chi connectivity index (χ2n) is 3.44. The number of rotatable bonds is 3. The van der Waals surface area contributed by atoms with Gasteiger partial charge in [-0.05, 0) is 29.7 Å². The van der Waals surface area contributed by atoms with Gasteiger partial charge in [-0.15, -0.1) is 12.4 Å². The summed E-state index contributed by atoms with van der Waals surface area (Å²) in [5.74, 6) is 0. The van der Waals surface area contributed by atoms with Gasteiger partial charge in [-0.1, -0.05) is 18.2 Å². The smallest absolute Gasteiger partial charge is 0.188 e. The molecule has 0 atom stereocenters. The molecule has 4 heteroatoms. The van der Waals surface area contributed by atoms with Crippen molar-refractivity contribution < 1.29 is 9.13 Å². The van der Waals surface area contributed by atoms with Crippen molar-refractivity contribution in [3.8, 4) is 0 Å². The molecule has 1 aromatic carbocycles. The summed E-state index contributed by atoms with van der Waals surface area (Å²) in [5.41, 5.74) is 3.78. The van der Waals surface area contributed by atoms with Gasteiger partial charge in [-0.3, -0.25) is 0 Å². The van der Waals surface area contributed by atoms with Crippen molar-refractivity contribution in [2.75, 3.05) is 13.4 Å². The van der Waals surface area contributed by atoms with E-state index in [2.05, 4.69) is 11.4 Å². The van der Waals surface area contributed by atoms with Crippen LogP contribution in [0.4, 0.5) is 4.39 Å². The highest BCUT2D eigenvalue weighted by molar-refractivity contribution is 5.85. The topological polar surface area (TPSA) is 21.3 Å². The van der Waals surface area contributed by atoms with Gasteiger partial charge in [0.2, 0.25) is 0 Å². The zero-order valence-electron chi connectivity index (χ0n) is 8.46. The molecule has 2 nitrogen and oxygen atoms in total. The lowest BCUT2D eigenvalue weighted by Crippen LogP contribution is -2.24. The van der Waals surface area contributed by atoms with E-state index in [1.807, 2.05) is 12.1 Å². The lowest BCUT2D eigenvalue weighted by atomic mass is 9.96. The van der Waals surface area contributed by atoms with Crippen LogP contribution in [-0.4, -0.2) is 13.4 Å². The van der Waals surface area contributed by atoms with E-state index in [0.717, 1.165) is 25.1 Å². The molecule has 0 radical (unpaired) electrons. The SMILES string of the molecule is Cl.FCOCc1cccc2c1CCNC2. The summed E-state index contributed by atoms with van der Waals surface area (Å²) < 4.78 is 16.7. The van der Waals surface area contributed by atoms with Crippen LogP contribution in [0, 0.1) is 0 Å². The zero-order chi connectivity index (χ0) is 9.80. The molecule has 15 heavy (non-hydrogen) atoms. The molecule has 0 amide bonds. The van der Waals surface area contributed by atoms with E-state index in [9.17, 15) is 4.39 Å². The van der Waals surface area contributed by atoms with E-state index in [1.54, 1.807) is 0 Å². The highest BCUT2D eigenvalue weighted by Crippen LogP contribution is 2.19. The van der Waals surface area contributed by atoms with Crippen LogP contribution in [0.15, 0.2) is 18.2 Å². The molecular weight excluding hydrogens is 217 g/mol. The normalized spacial score (nSPS) is 14.2. The predicted octanol–water partition coefficient (Wildman–Crippen LogP) is 2.20. The molecule has 0 aromatic heterocycles. The minimum atomic E-state index is -0.706. The third-order valence-corrected chi connectivity index (χ3v) is 2.57. The van der Waals surface area contributed by atoms with E-state index < -0.39 is 6.86 Å². The molecule has 0 spiro atoms. The molecule has 0 bridgehead atoms. The van der Waals surface area contributed by atoms with Gasteiger partial charge in [0.1, 0.15) is 0 Å². The van der Waals surface area contributed by atoms with Crippen LogP contribution in [0.3, 0.4) is 0 Å². The van der Waals surface area contributed by atoms with Crippen molar-refractivity contribution >= 4 is 12.4 Å². The number of hydrogen-bond acceptors (Lipinski definition) is 2. The van der Waals surface area contributed by atoms with Crippen molar-refractivity contribution in [1.82, 2.24) is 5.32 Å². The molecule has 1 N–H and O–H groups in total. The van der Waals surface area contributed by atoms with Gasteiger partial charge >= 0.3 is 0 Å². The predicted molar refractivity (Wildman–Crippen MR) is 59.9 cm³/mol. The maximum Gasteiger partial charge on any atom is 0.188 e. The second kappa shape index (κ2) is 6.05. The largest absolute Gasteiger partial charge is 0.346 e. The van der Waals surface area contributed by atoms with Gasteiger partial charge in [0.15, 0.2) is 6.86 Å². The number of hydrogen-bond donors (Lipinski definition) is 1. The van der Waals surface area contributed by atoms with E-state index in [1.165, 1.54) is 11.1 Å². The Balaban J connectivity index is 0.00000112. The van der Waals surface area contributed by atoms with Gasteiger partial charge in [0, 0.05) is 6.54 Å². The molecule has 1 aliphatic rings. The first kappa shape index (κ1) is 12.4. The van der Waals surface area contributed by atoms with Crippen LogP contribution in [0.5, 0.6) is 0 Å². The fourth-order valence-corrected chi connectivity index (χ4v) is 1.89. The highest BCUT2D eigenvalue weighted by atomic mass is 35.5. The standard InChI is InChI=1S/C11H14FNO.ClH/c12-8-14-7-10-3-1-2-9-6-13-5-4-11(9)10;/h1-3,13H,4-8H2;1H. The first-order valence-electron chi connectivity index (χ1n) is 4.86. The van der Waals surface area contributed by atoms with Crippen molar-refractivity contribution in [1.29, 1.82) is 0 Å². The third-order valence-electron chi connectivity index (χ3n) is 2.57. The highest BCUT2D eigenvalue weighted by Gasteiger charge is 2.11. The molecule has 0 saturated heterocycles. The maximum atomic E-state index is 11.9. The van der Waals surface area contributed by atoms with E-state index in [0.29, 0.717) is 6.61 Å². The van der Waals surface area contributed by atoms with Gasteiger partial charge in [-0.2, -0.15) is 0 Å². The lowest BCUT2D eigenvalue weighted by Gasteiger charge is -2.19. The van der Waals surface area contributed by atoms with Gasteiger partial charge in [-0.25, -0.2) is 4.39 Å². The molecule has 0 unspecified atom stereocenters. The number of halogens is 2. The first-order chi connectivity index (χ1) is 6.92. The van der Waals surface area contributed by atoms with E-state index in [4.69, 9.17) is 4.74 Å². The minimum Gasteiger partial charge on any atom is -0.346 e. The number of fused-ring (bicyclic) bond motifs is 1. The Morgan fingerprint density at radius 2 is 2.27 bits per heavy atom. The number of nitrogens with one attached hydrogen (secondary N) is 1. The first-order valence-corrected chi connectivity index (χ1v) is 4.86. The molecule has 1 aromatic rings. The minimum absolute atomic E-state index is 0. The number of benzene rings is 1. The Morgan fingerprint density at radius 1 is 1.40 bits per heavy atom. The Kier molecular flexibility index (Phi) is 5.02. The summed E-state index contributed by atoms with van der Waals surface area (Å²) in [6.45, 7) is 1.60. The van der Waals surface area contributed by atoms with Crippen LogP contribution < -0.4 is 5.32 Å². The lowest BCUT2D eigenvalue weighted by molar-refractivity contribution is 0.0458. The monoisotopic (exact) mass is 231 g/mol. The summed E-state index contributed by atoms with van der Waals surface area (Å²) in [4.78, 5) is 0. The molecule has 0 aliphatic carbocycles. The Morgan fingerprint density at radius 3 is 3.07 bits per heavy atom. The molecule has 1 aliphatic heterocycles. The van der Waals surface area contributed by atoms with Gasteiger partial charge < -0.3 is 10.1 Å². The summed E-state index contributed by atoms with van der Waals surface area (Å²) >= 11 is 0. The van der Waals surface area contributed by atoms with Crippen LogP contribution in [-0.2, 0) is 24.3 Å². The van der Waals surface area contributed by atoms with Crippen LogP contribution >= 0.6 is 12.4 Å². The number of alkyl halides is 1. The summed E-state index contributed by atoms with van der Waals surface area (Å²) in [7, 11) is 0. The van der Waals surface area contributed by atoms with Crippen molar-refractivity contribution in [2.45, 2.75) is 19.6 Å². The van der Waals surface area contributed by atoms with Crippen LogP contribution in [0.1, 0.15) is 16.7 Å². The average molecular weight is 232 g/mol. The quantitative estimate of drug-likeness (QED) is 0.861. The third kappa shape index (κ3) is 2.91. The molecule has 0 saturated carbocycles. The van der Waals surface area contributed by atoms with Gasteiger partial charge in [0.05, 0.1) is 6.61 Å². The molecule has 0 fully saturated rings. The van der Waals surface area contributed by atoms with Crippen LogP contribution in [0.2, 0.25) is 0 Å². The van der Waals surface area contributed by atoms with E-state index >= 15 is 0 Å². The fraction of sp³-hybridized carbons (Fsp3) is 0.455. The molecule has 84 valence electrons. The fourth-order valence-electron chi connectivity index (χ4n) is 1.89. The van der Waals surface area contributed by atoms with Crippen molar-refractivity contribution in [3.05, 3.63) is 34.9 Å². The maximum absolute atomic E-state index is 11.9. The summed E-state index contributed by atoms with van der Waals surface area (Å²) in [6.07, 6.45) is 1.02. The summed E-state index contributed by atoms with van der Waals surface area (Å²) in [5, 5.41) is 3.31. The van der Waals surface area contributed by atoms with Gasteiger partial charge in [0.25, 0.3) is 0 Å². The Bertz CT molecular complexity index is 319. The second-order valence-corrected chi connectivity index (χ2v) is 3.44. The van der Waals surface area contributed by atoms with E-state index in [-0.39, 0.29) is 12.4 Å². The van der Waals surface area contributed by atoms with Crippen molar-refractivity contribution in [2.24, 2.45) is 0 Å². The Hall–Kier alpha value is -0.640. The number of ether oxygens (including phenoxy) is 1. The molecular formula is C11H15ClFNO. The zero-order valence-corrected chi connectivity index (χ0v) is 9.28. The summed E-state index contributed by atoms with van der Waals surface area (Å²) in [6, 6.07) is 6.13.